The van der Waals surface area contributed by atoms with Crippen LogP contribution in [-0.4, -0.2) is 36.6 Å². The van der Waals surface area contributed by atoms with Crippen molar-refractivity contribution in [3.05, 3.63) is 34.9 Å². The highest BCUT2D eigenvalue weighted by Crippen LogP contribution is 2.31. The third-order valence-corrected chi connectivity index (χ3v) is 4.21. The molecule has 1 saturated heterocycles. The van der Waals surface area contributed by atoms with Gasteiger partial charge in [-0.1, -0.05) is 30.7 Å². The molecule has 3 atom stereocenters. The first-order valence-electron chi connectivity index (χ1n) is 7.63. The maximum atomic E-state index is 12.6. The van der Waals surface area contributed by atoms with E-state index in [0.29, 0.717) is 6.61 Å². The molecular formula is C17H26N2O2. The molecule has 1 aliphatic rings. The molecule has 2 rings (SSSR count). The number of amides is 1. The van der Waals surface area contributed by atoms with Gasteiger partial charge in [-0.15, -0.1) is 0 Å². The Kier molecular flexibility index (Phi) is 5.01. The molecule has 4 heteroatoms. The van der Waals surface area contributed by atoms with E-state index in [1.54, 1.807) is 7.11 Å². The van der Waals surface area contributed by atoms with E-state index >= 15 is 0 Å². The summed E-state index contributed by atoms with van der Waals surface area (Å²) in [5, 5.41) is 3.48. The second kappa shape index (κ2) is 6.58. The van der Waals surface area contributed by atoms with Crippen LogP contribution in [0.5, 0.6) is 0 Å². The molecule has 0 aromatic heterocycles. The molecule has 1 aromatic carbocycles. The van der Waals surface area contributed by atoms with Crippen molar-refractivity contribution < 1.29 is 9.53 Å². The van der Waals surface area contributed by atoms with Crippen LogP contribution < -0.4 is 5.32 Å². The molecule has 1 N–H and O–H groups in total. The molecule has 0 spiro atoms. The summed E-state index contributed by atoms with van der Waals surface area (Å²) in [6.07, 6.45) is 0.739. The number of methoxy groups -OCH3 is 1. The number of hydrogen-bond donors (Lipinski definition) is 1. The lowest BCUT2D eigenvalue weighted by atomic mass is 10.0. The van der Waals surface area contributed by atoms with Crippen molar-refractivity contribution in [1.82, 2.24) is 10.2 Å². The van der Waals surface area contributed by atoms with Crippen molar-refractivity contribution in [1.29, 1.82) is 0 Å². The number of ether oxygens (including phenoxy) is 1. The molecule has 3 unspecified atom stereocenters. The lowest BCUT2D eigenvalue weighted by Crippen LogP contribution is -2.41. The van der Waals surface area contributed by atoms with E-state index in [2.05, 4.69) is 37.4 Å². The standard InChI is InChI=1S/C17H26N2O2/c1-6-15-17(20)19(13(4)10-21-5)16(18-15)14-9-11(2)7-8-12(14)3/h7-9,13,15-16,18H,6,10H2,1-5H3. The summed E-state index contributed by atoms with van der Waals surface area (Å²) in [4.78, 5) is 14.6. The number of carbonyl (C=O) groups excluding carboxylic acids is 1. The summed E-state index contributed by atoms with van der Waals surface area (Å²) in [6.45, 7) is 8.81. The summed E-state index contributed by atoms with van der Waals surface area (Å²) >= 11 is 0. The molecule has 21 heavy (non-hydrogen) atoms. The van der Waals surface area contributed by atoms with E-state index < -0.39 is 0 Å². The van der Waals surface area contributed by atoms with Crippen LogP contribution in [0.15, 0.2) is 18.2 Å². The molecule has 1 fully saturated rings. The van der Waals surface area contributed by atoms with Crippen molar-refractivity contribution >= 4 is 5.91 Å². The Morgan fingerprint density at radius 3 is 2.71 bits per heavy atom. The quantitative estimate of drug-likeness (QED) is 0.906. The van der Waals surface area contributed by atoms with Crippen LogP contribution in [0.1, 0.15) is 43.1 Å². The summed E-state index contributed by atoms with van der Waals surface area (Å²) < 4.78 is 5.25. The van der Waals surface area contributed by atoms with Crippen LogP contribution in [-0.2, 0) is 9.53 Å². The van der Waals surface area contributed by atoms with Crippen LogP contribution in [0.3, 0.4) is 0 Å². The molecule has 0 bridgehead atoms. The number of benzene rings is 1. The van der Waals surface area contributed by atoms with Gasteiger partial charge in [0.25, 0.3) is 0 Å². The predicted octanol–water partition coefficient (Wildman–Crippen LogP) is 2.55. The fourth-order valence-corrected chi connectivity index (χ4v) is 3.03. The maximum absolute atomic E-state index is 12.6. The average molecular weight is 290 g/mol. The highest BCUT2D eigenvalue weighted by molar-refractivity contribution is 5.85. The first-order valence-corrected chi connectivity index (χ1v) is 7.63. The van der Waals surface area contributed by atoms with Crippen LogP contribution in [0.4, 0.5) is 0 Å². The molecule has 0 saturated carbocycles. The number of nitrogens with one attached hydrogen (secondary N) is 1. The zero-order chi connectivity index (χ0) is 15.6. The minimum Gasteiger partial charge on any atom is -0.383 e. The number of aryl methyl sites for hydroxylation is 2. The summed E-state index contributed by atoms with van der Waals surface area (Å²) in [6, 6.07) is 6.35. The van der Waals surface area contributed by atoms with Crippen LogP contribution in [0.2, 0.25) is 0 Å². The molecule has 0 radical (unpaired) electrons. The summed E-state index contributed by atoms with van der Waals surface area (Å²) in [7, 11) is 1.68. The van der Waals surface area contributed by atoms with Gasteiger partial charge in [-0.05, 0) is 38.3 Å². The van der Waals surface area contributed by atoms with Crippen LogP contribution >= 0.6 is 0 Å². The Labute approximate surface area is 127 Å². The predicted molar refractivity (Wildman–Crippen MR) is 84.1 cm³/mol. The van der Waals surface area contributed by atoms with E-state index in [1.807, 2.05) is 18.7 Å². The molecule has 4 nitrogen and oxygen atoms in total. The molecule has 116 valence electrons. The van der Waals surface area contributed by atoms with Gasteiger partial charge in [0.2, 0.25) is 5.91 Å². The first-order chi connectivity index (χ1) is 9.99. The van der Waals surface area contributed by atoms with Gasteiger partial charge in [-0.3, -0.25) is 10.1 Å². The first kappa shape index (κ1) is 16.0. The highest BCUT2D eigenvalue weighted by atomic mass is 16.5. The summed E-state index contributed by atoms with van der Waals surface area (Å²) in [5.41, 5.74) is 3.60. The third-order valence-electron chi connectivity index (χ3n) is 4.21. The number of hydrogen-bond acceptors (Lipinski definition) is 3. The van der Waals surface area contributed by atoms with Gasteiger partial charge in [-0.25, -0.2) is 0 Å². The van der Waals surface area contributed by atoms with E-state index in [0.717, 1.165) is 6.42 Å². The van der Waals surface area contributed by atoms with Crippen molar-refractivity contribution in [3.8, 4) is 0 Å². The Bertz CT molecular complexity index is 516. The van der Waals surface area contributed by atoms with Crippen molar-refractivity contribution in [2.45, 2.75) is 52.4 Å². The number of nitrogens with zero attached hydrogens (tertiary/aromatic N) is 1. The van der Waals surface area contributed by atoms with Crippen LogP contribution in [0.25, 0.3) is 0 Å². The minimum atomic E-state index is -0.103. The SMILES string of the molecule is CCC1NC(c2cc(C)ccc2C)N(C(C)COC)C1=O. The molecule has 1 amide bonds. The Balaban J connectivity index is 2.38. The zero-order valence-electron chi connectivity index (χ0n) is 13.6. The lowest BCUT2D eigenvalue weighted by Gasteiger charge is -2.31. The smallest absolute Gasteiger partial charge is 0.241 e. The highest BCUT2D eigenvalue weighted by Gasteiger charge is 2.41. The lowest BCUT2D eigenvalue weighted by molar-refractivity contribution is -0.133. The Hall–Kier alpha value is -1.39. The monoisotopic (exact) mass is 290 g/mol. The van der Waals surface area contributed by atoms with Gasteiger partial charge < -0.3 is 9.64 Å². The van der Waals surface area contributed by atoms with Gasteiger partial charge in [0.05, 0.1) is 18.7 Å². The largest absolute Gasteiger partial charge is 0.383 e. The fourth-order valence-electron chi connectivity index (χ4n) is 3.03. The van der Waals surface area contributed by atoms with Crippen molar-refractivity contribution in [3.63, 3.8) is 0 Å². The van der Waals surface area contributed by atoms with E-state index in [9.17, 15) is 4.79 Å². The number of rotatable bonds is 5. The Morgan fingerprint density at radius 2 is 2.10 bits per heavy atom. The van der Waals surface area contributed by atoms with Gasteiger partial charge in [0, 0.05) is 7.11 Å². The summed E-state index contributed by atoms with van der Waals surface area (Å²) in [5.74, 6) is 0.174. The van der Waals surface area contributed by atoms with E-state index in [-0.39, 0.29) is 24.2 Å². The number of carbonyl (C=O) groups is 1. The van der Waals surface area contributed by atoms with E-state index in [4.69, 9.17) is 4.74 Å². The molecule has 0 aliphatic carbocycles. The molecule has 1 aliphatic heterocycles. The molecule has 1 aromatic rings. The second-order valence-corrected chi connectivity index (χ2v) is 5.94. The third kappa shape index (κ3) is 3.11. The van der Waals surface area contributed by atoms with Gasteiger partial charge >= 0.3 is 0 Å². The van der Waals surface area contributed by atoms with Gasteiger partial charge in [0.1, 0.15) is 6.17 Å². The molecular weight excluding hydrogens is 264 g/mol. The maximum Gasteiger partial charge on any atom is 0.241 e. The minimum absolute atomic E-state index is 0.0523. The second-order valence-electron chi connectivity index (χ2n) is 5.94. The average Bonchev–Trinajstić information content (AvgIpc) is 2.78. The van der Waals surface area contributed by atoms with E-state index in [1.165, 1.54) is 16.7 Å². The van der Waals surface area contributed by atoms with Gasteiger partial charge in [-0.2, -0.15) is 0 Å². The topological polar surface area (TPSA) is 41.6 Å². The molecule has 1 heterocycles. The van der Waals surface area contributed by atoms with Crippen molar-refractivity contribution in [2.24, 2.45) is 0 Å². The Morgan fingerprint density at radius 1 is 1.38 bits per heavy atom. The normalized spacial score (nSPS) is 23.7. The fraction of sp³-hybridized carbons (Fsp3) is 0.588. The van der Waals surface area contributed by atoms with Crippen LogP contribution in [0, 0.1) is 13.8 Å². The zero-order valence-corrected chi connectivity index (χ0v) is 13.6. The van der Waals surface area contributed by atoms with Crippen molar-refractivity contribution in [2.75, 3.05) is 13.7 Å². The van der Waals surface area contributed by atoms with Gasteiger partial charge in [0.15, 0.2) is 0 Å².